The molecule has 0 fully saturated rings. The number of aromatic nitrogens is 2. The van der Waals surface area contributed by atoms with Crippen molar-refractivity contribution in [2.24, 2.45) is 0 Å². The number of alkyl halides is 3. The lowest BCUT2D eigenvalue weighted by atomic mass is 10.2. The lowest BCUT2D eigenvalue weighted by molar-refractivity contribution is -0.143. The van der Waals surface area contributed by atoms with Gasteiger partial charge in [0, 0.05) is 10.5 Å². The zero-order valence-electron chi connectivity index (χ0n) is 16.2. The lowest BCUT2D eigenvalue weighted by Gasteiger charge is -2.24. The topological polar surface area (TPSA) is 142 Å². The molecule has 0 saturated heterocycles. The van der Waals surface area contributed by atoms with E-state index in [1.165, 1.54) is 0 Å². The smallest absolute Gasteiger partial charge is 0.335 e. The number of benzene rings is 1. The highest BCUT2D eigenvalue weighted by Crippen LogP contribution is 2.34. The molecule has 10 nitrogen and oxygen atoms in total. The van der Waals surface area contributed by atoms with Gasteiger partial charge in [-0.1, -0.05) is 0 Å². The highest BCUT2D eigenvalue weighted by Gasteiger charge is 2.37. The van der Waals surface area contributed by atoms with Crippen molar-refractivity contribution in [3.05, 3.63) is 55.0 Å². The molecule has 1 heterocycles. The minimum absolute atomic E-state index is 0.0108. The third kappa shape index (κ3) is 4.54. The first kappa shape index (κ1) is 25.9. The van der Waals surface area contributed by atoms with Crippen molar-refractivity contribution < 1.29 is 34.4 Å². The SMILES string of the molecule is CCS(=O)(=O)N(c1cc(-n2c(=O)cc(C(F)(F)F)n(N)c2=O)c(F)cc1Br)S(=O)(=O)CC. The molecule has 0 aliphatic carbocycles. The molecule has 0 aliphatic rings. The van der Waals surface area contributed by atoms with Gasteiger partial charge in [-0.05, 0) is 41.9 Å². The summed E-state index contributed by atoms with van der Waals surface area (Å²) in [5.41, 5.74) is -6.97. The summed E-state index contributed by atoms with van der Waals surface area (Å²) in [5, 5.41) is 0. The fourth-order valence-corrected chi connectivity index (χ4v) is 6.66. The Kier molecular flexibility index (Phi) is 6.88. The van der Waals surface area contributed by atoms with E-state index in [1.54, 1.807) is 0 Å². The molecule has 1 aromatic carbocycles. The summed E-state index contributed by atoms with van der Waals surface area (Å²) in [4.78, 5) is 24.6. The molecule has 0 bridgehead atoms. The van der Waals surface area contributed by atoms with Crippen LogP contribution >= 0.6 is 15.9 Å². The maximum absolute atomic E-state index is 14.6. The Morgan fingerprint density at radius 3 is 1.97 bits per heavy atom. The predicted octanol–water partition coefficient (Wildman–Crippen LogP) is 1.14. The van der Waals surface area contributed by atoms with Crippen LogP contribution in [0.5, 0.6) is 0 Å². The molecule has 2 aromatic rings. The minimum atomic E-state index is -5.18. The zero-order valence-corrected chi connectivity index (χ0v) is 19.4. The van der Waals surface area contributed by atoms with Crippen LogP contribution in [0.25, 0.3) is 5.69 Å². The maximum atomic E-state index is 14.6. The van der Waals surface area contributed by atoms with Crippen molar-refractivity contribution in [1.82, 2.24) is 9.24 Å². The highest BCUT2D eigenvalue weighted by molar-refractivity contribution is 9.10. The molecule has 0 aliphatic heterocycles. The fourth-order valence-electron chi connectivity index (χ4n) is 2.54. The molecule has 178 valence electrons. The van der Waals surface area contributed by atoms with Crippen molar-refractivity contribution in [2.45, 2.75) is 20.0 Å². The Morgan fingerprint density at radius 2 is 1.53 bits per heavy atom. The fraction of sp³-hybridized carbons (Fsp3) is 0.333. The van der Waals surface area contributed by atoms with Crippen molar-refractivity contribution in [3.63, 3.8) is 0 Å². The van der Waals surface area contributed by atoms with Gasteiger partial charge >= 0.3 is 11.9 Å². The molecule has 1 aromatic heterocycles. The molecule has 0 saturated carbocycles. The van der Waals surface area contributed by atoms with E-state index in [2.05, 4.69) is 15.9 Å². The van der Waals surface area contributed by atoms with Crippen LogP contribution in [-0.4, -0.2) is 37.6 Å². The average Bonchev–Trinajstić information content (AvgIpc) is 2.66. The van der Waals surface area contributed by atoms with E-state index in [9.17, 15) is 44.0 Å². The van der Waals surface area contributed by atoms with Gasteiger partial charge in [0.25, 0.3) is 5.56 Å². The number of nitrogens with zero attached hydrogens (tertiary/aromatic N) is 3. The van der Waals surface area contributed by atoms with Crippen LogP contribution in [0, 0.1) is 5.82 Å². The first-order chi connectivity index (χ1) is 14.5. The van der Waals surface area contributed by atoms with E-state index in [0.717, 1.165) is 13.8 Å². The van der Waals surface area contributed by atoms with E-state index in [1.807, 2.05) is 0 Å². The molecular weight excluding hydrogens is 552 g/mol. The van der Waals surface area contributed by atoms with Gasteiger partial charge < -0.3 is 5.84 Å². The van der Waals surface area contributed by atoms with Gasteiger partial charge in [0.2, 0.25) is 20.0 Å². The van der Waals surface area contributed by atoms with Crippen molar-refractivity contribution in [2.75, 3.05) is 21.1 Å². The number of sulfonamides is 2. The summed E-state index contributed by atoms with van der Waals surface area (Å²) in [6.45, 7) is 2.28. The second-order valence-corrected chi connectivity index (χ2v) is 11.4. The molecule has 0 unspecified atom stereocenters. The summed E-state index contributed by atoms with van der Waals surface area (Å²) < 4.78 is 103. The van der Waals surface area contributed by atoms with E-state index >= 15 is 0 Å². The Bertz CT molecular complexity index is 1370. The summed E-state index contributed by atoms with van der Waals surface area (Å²) in [6.07, 6.45) is -5.18. The molecular formula is C15H15BrF4N4O6S2. The standard InChI is InChI=1S/C15H15BrF4N4O6S2/c1-3-31(27,28)24(32(29,30)4-2)10-6-11(9(17)5-8(10)16)22-13(25)7-12(15(18,19)20)23(21)14(22)26/h5-7H,3-4,21H2,1-2H3. The number of nitrogens with two attached hydrogens (primary N) is 1. The van der Waals surface area contributed by atoms with Crippen LogP contribution in [0.2, 0.25) is 0 Å². The monoisotopic (exact) mass is 566 g/mol. The van der Waals surface area contributed by atoms with Crippen LogP contribution in [-0.2, 0) is 26.2 Å². The van der Waals surface area contributed by atoms with E-state index in [-0.39, 0.29) is 18.8 Å². The zero-order chi connectivity index (χ0) is 24.8. The Hall–Kier alpha value is -2.40. The number of rotatable bonds is 6. The first-order valence-electron chi connectivity index (χ1n) is 8.46. The van der Waals surface area contributed by atoms with E-state index in [4.69, 9.17) is 5.84 Å². The molecule has 0 amide bonds. The summed E-state index contributed by atoms with van der Waals surface area (Å²) in [5.74, 6) is 2.38. The molecule has 32 heavy (non-hydrogen) atoms. The normalized spacial score (nSPS) is 12.7. The number of halogens is 5. The summed E-state index contributed by atoms with van der Waals surface area (Å²) >= 11 is 2.83. The van der Waals surface area contributed by atoms with Gasteiger partial charge in [-0.15, -0.1) is 0 Å². The van der Waals surface area contributed by atoms with Gasteiger partial charge in [-0.3, -0.25) is 4.79 Å². The lowest BCUT2D eigenvalue weighted by Crippen LogP contribution is -2.45. The van der Waals surface area contributed by atoms with Gasteiger partial charge in [-0.2, -0.15) is 16.9 Å². The molecule has 0 radical (unpaired) electrons. The Labute approximate surface area is 187 Å². The quantitative estimate of drug-likeness (QED) is 0.408. The molecule has 0 atom stereocenters. The van der Waals surface area contributed by atoms with Crippen LogP contribution < -0.4 is 20.8 Å². The summed E-state index contributed by atoms with van der Waals surface area (Å²) in [6, 6.07) is 1.01. The van der Waals surface area contributed by atoms with E-state index in [0.29, 0.717) is 12.1 Å². The van der Waals surface area contributed by atoms with Gasteiger partial charge in [0.15, 0.2) is 5.69 Å². The first-order valence-corrected chi connectivity index (χ1v) is 12.5. The molecule has 17 heteroatoms. The second kappa shape index (κ2) is 8.51. The van der Waals surface area contributed by atoms with Gasteiger partial charge in [0.1, 0.15) is 5.82 Å². The number of hydrogen-bond donors (Lipinski definition) is 1. The second-order valence-electron chi connectivity index (χ2n) is 6.11. The van der Waals surface area contributed by atoms with Gasteiger partial charge in [-0.25, -0.2) is 35.3 Å². The maximum Gasteiger partial charge on any atom is 0.433 e. The average molecular weight is 567 g/mol. The number of nitrogen functional groups attached to an aromatic ring is 1. The molecule has 0 spiro atoms. The molecule has 2 N–H and O–H groups in total. The van der Waals surface area contributed by atoms with Crippen LogP contribution in [0.4, 0.5) is 23.2 Å². The molecule has 2 rings (SSSR count). The van der Waals surface area contributed by atoms with E-state index < -0.39 is 76.5 Å². The Morgan fingerprint density at radius 1 is 1.03 bits per heavy atom. The van der Waals surface area contributed by atoms with Crippen molar-refractivity contribution in [1.29, 1.82) is 0 Å². The minimum Gasteiger partial charge on any atom is -0.335 e. The number of anilines is 1. The third-order valence-electron chi connectivity index (χ3n) is 4.12. The van der Waals surface area contributed by atoms with Gasteiger partial charge in [0.05, 0.1) is 22.9 Å². The Balaban J connectivity index is 2.98. The number of hydrogen-bond acceptors (Lipinski definition) is 7. The third-order valence-corrected chi connectivity index (χ3v) is 8.98. The van der Waals surface area contributed by atoms with Crippen molar-refractivity contribution >= 4 is 41.7 Å². The van der Waals surface area contributed by atoms with Crippen LogP contribution in [0.15, 0.2) is 32.3 Å². The summed E-state index contributed by atoms with van der Waals surface area (Å²) in [7, 11) is -9.05. The predicted molar refractivity (Wildman–Crippen MR) is 111 cm³/mol. The highest BCUT2D eigenvalue weighted by atomic mass is 79.9. The van der Waals surface area contributed by atoms with Crippen molar-refractivity contribution in [3.8, 4) is 5.69 Å². The largest absolute Gasteiger partial charge is 0.433 e. The van der Waals surface area contributed by atoms with Crippen LogP contribution in [0.1, 0.15) is 19.5 Å². The van der Waals surface area contributed by atoms with Crippen LogP contribution in [0.3, 0.4) is 0 Å².